The van der Waals surface area contributed by atoms with E-state index >= 15 is 0 Å². The van der Waals surface area contributed by atoms with Crippen LogP contribution in [0.3, 0.4) is 0 Å². The van der Waals surface area contributed by atoms with Crippen LogP contribution in [0.5, 0.6) is 0 Å². The Morgan fingerprint density at radius 1 is 1.17 bits per heavy atom. The third kappa shape index (κ3) is 3.03. The van der Waals surface area contributed by atoms with E-state index in [1.807, 2.05) is 0 Å². The molecular formula is C12H17F2N3S. The molecule has 0 unspecified atom stereocenters. The fourth-order valence-electron chi connectivity index (χ4n) is 2.31. The van der Waals surface area contributed by atoms with Crippen molar-refractivity contribution in [3.63, 3.8) is 0 Å². The van der Waals surface area contributed by atoms with Gasteiger partial charge in [-0.2, -0.15) is 0 Å². The van der Waals surface area contributed by atoms with Gasteiger partial charge in [0.25, 0.3) is 0 Å². The number of alkyl halides is 2. The first kappa shape index (κ1) is 12.4. The van der Waals surface area contributed by atoms with Gasteiger partial charge in [0.2, 0.25) is 5.92 Å². The van der Waals surface area contributed by atoms with Crippen molar-refractivity contribution >= 4 is 11.3 Å². The SMILES string of the molecule is FC1(F)CCC(c2nnc(CNC3CC3)s2)CC1. The van der Waals surface area contributed by atoms with Crippen LogP contribution < -0.4 is 5.32 Å². The minimum Gasteiger partial charge on any atom is -0.308 e. The maximum absolute atomic E-state index is 13.1. The fraction of sp³-hybridized carbons (Fsp3) is 0.833. The molecular weight excluding hydrogens is 256 g/mol. The van der Waals surface area contributed by atoms with E-state index in [1.54, 1.807) is 11.3 Å². The molecule has 18 heavy (non-hydrogen) atoms. The molecule has 2 fully saturated rings. The highest BCUT2D eigenvalue weighted by Crippen LogP contribution is 2.41. The van der Waals surface area contributed by atoms with Gasteiger partial charge >= 0.3 is 0 Å². The van der Waals surface area contributed by atoms with Gasteiger partial charge in [-0.1, -0.05) is 11.3 Å². The van der Waals surface area contributed by atoms with Gasteiger partial charge in [-0.25, -0.2) is 8.78 Å². The van der Waals surface area contributed by atoms with Gasteiger partial charge in [0.1, 0.15) is 10.0 Å². The zero-order chi connectivity index (χ0) is 12.6. The van der Waals surface area contributed by atoms with E-state index in [0.717, 1.165) is 16.6 Å². The number of halogens is 2. The third-order valence-electron chi connectivity index (χ3n) is 3.67. The van der Waals surface area contributed by atoms with Crippen molar-refractivity contribution in [2.45, 2.75) is 63.0 Å². The number of rotatable bonds is 4. The topological polar surface area (TPSA) is 37.8 Å². The van der Waals surface area contributed by atoms with Crippen LogP contribution >= 0.6 is 11.3 Å². The first-order valence-electron chi connectivity index (χ1n) is 6.56. The average molecular weight is 273 g/mol. The third-order valence-corrected chi connectivity index (χ3v) is 4.75. The second-order valence-corrected chi connectivity index (χ2v) is 6.41. The smallest absolute Gasteiger partial charge is 0.248 e. The molecule has 0 bridgehead atoms. The van der Waals surface area contributed by atoms with E-state index in [2.05, 4.69) is 15.5 Å². The zero-order valence-corrected chi connectivity index (χ0v) is 11.0. The van der Waals surface area contributed by atoms with Crippen molar-refractivity contribution in [2.24, 2.45) is 0 Å². The molecule has 2 aliphatic rings. The molecule has 0 amide bonds. The summed E-state index contributed by atoms with van der Waals surface area (Å²) in [6.45, 7) is 0.769. The Kier molecular flexibility index (Phi) is 3.32. The molecule has 0 spiro atoms. The predicted octanol–water partition coefficient (Wildman–Crippen LogP) is 3.08. The molecule has 2 aliphatic carbocycles. The molecule has 1 aromatic heterocycles. The highest BCUT2D eigenvalue weighted by atomic mass is 32.1. The molecule has 2 saturated carbocycles. The Labute approximate surface area is 109 Å². The molecule has 0 aromatic carbocycles. The molecule has 0 radical (unpaired) electrons. The molecule has 0 atom stereocenters. The van der Waals surface area contributed by atoms with Crippen molar-refractivity contribution in [1.82, 2.24) is 15.5 Å². The van der Waals surface area contributed by atoms with Gasteiger partial charge < -0.3 is 5.32 Å². The Balaban J connectivity index is 1.55. The van der Waals surface area contributed by atoms with Gasteiger partial charge in [0.05, 0.1) is 0 Å². The van der Waals surface area contributed by atoms with Gasteiger partial charge in [-0.3, -0.25) is 0 Å². The molecule has 3 rings (SSSR count). The van der Waals surface area contributed by atoms with Crippen molar-refractivity contribution in [2.75, 3.05) is 0 Å². The van der Waals surface area contributed by atoms with E-state index in [-0.39, 0.29) is 18.8 Å². The molecule has 3 nitrogen and oxygen atoms in total. The highest BCUT2D eigenvalue weighted by Gasteiger charge is 2.36. The van der Waals surface area contributed by atoms with Crippen LogP contribution in [-0.4, -0.2) is 22.2 Å². The van der Waals surface area contributed by atoms with Crippen molar-refractivity contribution in [1.29, 1.82) is 0 Å². The largest absolute Gasteiger partial charge is 0.308 e. The lowest BCUT2D eigenvalue weighted by molar-refractivity contribution is -0.0382. The van der Waals surface area contributed by atoms with Crippen molar-refractivity contribution in [3.05, 3.63) is 10.0 Å². The highest BCUT2D eigenvalue weighted by molar-refractivity contribution is 7.11. The number of hydrogen-bond acceptors (Lipinski definition) is 4. The maximum atomic E-state index is 13.1. The van der Waals surface area contributed by atoms with Gasteiger partial charge in [-0.15, -0.1) is 10.2 Å². The summed E-state index contributed by atoms with van der Waals surface area (Å²) >= 11 is 1.58. The van der Waals surface area contributed by atoms with Gasteiger partial charge in [0.15, 0.2) is 0 Å². The fourth-order valence-corrected chi connectivity index (χ4v) is 3.27. The van der Waals surface area contributed by atoms with E-state index in [4.69, 9.17) is 0 Å². The molecule has 6 heteroatoms. The Morgan fingerprint density at radius 3 is 2.56 bits per heavy atom. The first-order valence-corrected chi connectivity index (χ1v) is 7.37. The van der Waals surface area contributed by atoms with E-state index in [9.17, 15) is 8.78 Å². The molecule has 0 aliphatic heterocycles. The van der Waals surface area contributed by atoms with E-state index in [1.165, 1.54) is 12.8 Å². The first-order chi connectivity index (χ1) is 8.62. The van der Waals surface area contributed by atoms with Crippen molar-refractivity contribution in [3.8, 4) is 0 Å². The second kappa shape index (κ2) is 4.81. The van der Waals surface area contributed by atoms with Crippen LogP contribution in [0.25, 0.3) is 0 Å². The van der Waals surface area contributed by atoms with E-state index in [0.29, 0.717) is 18.9 Å². The lowest BCUT2D eigenvalue weighted by atomic mass is 9.87. The maximum Gasteiger partial charge on any atom is 0.248 e. The Bertz CT molecular complexity index is 407. The van der Waals surface area contributed by atoms with Crippen LogP contribution in [0.4, 0.5) is 8.78 Å². The van der Waals surface area contributed by atoms with E-state index < -0.39 is 5.92 Å². The second-order valence-electron chi connectivity index (χ2n) is 5.32. The summed E-state index contributed by atoms with van der Waals surface area (Å²) in [5.74, 6) is -2.27. The predicted molar refractivity (Wildman–Crippen MR) is 65.9 cm³/mol. The minimum atomic E-state index is -2.46. The average Bonchev–Trinajstić information content (AvgIpc) is 3.05. The summed E-state index contributed by atoms with van der Waals surface area (Å²) in [5, 5.41) is 13.6. The number of aromatic nitrogens is 2. The minimum absolute atomic E-state index is 0.00704. The summed E-state index contributed by atoms with van der Waals surface area (Å²) in [5.41, 5.74) is 0. The summed E-state index contributed by atoms with van der Waals surface area (Å²) in [6.07, 6.45) is 3.57. The summed E-state index contributed by atoms with van der Waals surface area (Å²) in [4.78, 5) is 0. The summed E-state index contributed by atoms with van der Waals surface area (Å²) < 4.78 is 26.1. The number of nitrogens with one attached hydrogen (secondary N) is 1. The molecule has 1 N–H and O–H groups in total. The summed E-state index contributed by atoms with van der Waals surface area (Å²) in [6, 6.07) is 0.658. The van der Waals surface area contributed by atoms with Crippen LogP contribution in [-0.2, 0) is 6.54 Å². The molecule has 100 valence electrons. The van der Waals surface area contributed by atoms with Crippen LogP contribution in [0.1, 0.15) is 54.5 Å². The van der Waals surface area contributed by atoms with Crippen LogP contribution in [0.2, 0.25) is 0 Å². The van der Waals surface area contributed by atoms with Gasteiger partial charge in [-0.05, 0) is 25.7 Å². The Morgan fingerprint density at radius 2 is 1.89 bits per heavy atom. The quantitative estimate of drug-likeness (QED) is 0.916. The Hall–Kier alpha value is -0.620. The van der Waals surface area contributed by atoms with Gasteiger partial charge in [0, 0.05) is 31.3 Å². The number of hydrogen-bond donors (Lipinski definition) is 1. The monoisotopic (exact) mass is 273 g/mol. The molecule has 0 saturated heterocycles. The summed E-state index contributed by atoms with van der Waals surface area (Å²) in [7, 11) is 0. The molecule has 1 heterocycles. The number of nitrogens with zero attached hydrogens (tertiary/aromatic N) is 2. The van der Waals surface area contributed by atoms with Crippen LogP contribution in [0.15, 0.2) is 0 Å². The lowest BCUT2D eigenvalue weighted by Gasteiger charge is -2.26. The zero-order valence-electron chi connectivity index (χ0n) is 10.2. The molecule has 1 aromatic rings. The van der Waals surface area contributed by atoms with Crippen LogP contribution in [0, 0.1) is 0 Å². The normalized spacial score (nSPS) is 24.3. The lowest BCUT2D eigenvalue weighted by Crippen LogP contribution is -2.23. The standard InChI is InChI=1S/C12H17F2N3S/c13-12(14)5-3-8(4-6-12)11-17-16-10(18-11)7-15-9-1-2-9/h8-9,15H,1-7H2. The van der Waals surface area contributed by atoms with Crippen molar-refractivity contribution < 1.29 is 8.78 Å².